The Morgan fingerprint density at radius 2 is 1.07 bits per heavy atom. The molecule has 2 aromatic carbocycles. The van der Waals surface area contributed by atoms with Crippen LogP contribution >= 0.6 is 0 Å². The summed E-state index contributed by atoms with van der Waals surface area (Å²) in [6.07, 6.45) is 2.62. The Morgan fingerprint density at radius 3 is 1.43 bits per heavy atom. The lowest BCUT2D eigenvalue weighted by atomic mass is 9.72. The van der Waals surface area contributed by atoms with Crippen LogP contribution < -0.4 is 18.9 Å². The molecule has 6 nitrogen and oxygen atoms in total. The van der Waals surface area contributed by atoms with Gasteiger partial charge in [-0.25, -0.2) is 0 Å². The van der Waals surface area contributed by atoms with Crippen molar-refractivity contribution in [3.05, 3.63) is 47.5 Å². The highest BCUT2D eigenvalue weighted by atomic mass is 16.5. The average Bonchev–Trinajstić information content (AvgIpc) is 2.82. The minimum atomic E-state index is -0.888. The molecule has 1 aliphatic rings. The largest absolute Gasteiger partial charge is 0.490 e. The Morgan fingerprint density at radius 1 is 0.667 bits per heavy atom. The topological polar surface area (TPSA) is 74.2 Å². The Kier molecular flexibility index (Phi) is 10.5. The highest BCUT2D eigenvalue weighted by Gasteiger charge is 2.30. The van der Waals surface area contributed by atoms with Gasteiger partial charge in [-0.1, -0.05) is 81.4 Å². The van der Waals surface area contributed by atoms with Crippen molar-refractivity contribution in [2.75, 3.05) is 26.4 Å². The van der Waals surface area contributed by atoms with Crippen LogP contribution in [0, 0.1) is 16.7 Å². The molecule has 0 spiro atoms. The van der Waals surface area contributed by atoms with Gasteiger partial charge in [0.15, 0.2) is 23.0 Å². The van der Waals surface area contributed by atoms with Gasteiger partial charge in [-0.3, -0.25) is 4.79 Å². The molecule has 0 unspecified atom stereocenters. The number of benzene rings is 2. The lowest BCUT2D eigenvalue weighted by Gasteiger charge is -2.33. The third-order valence-corrected chi connectivity index (χ3v) is 7.61. The van der Waals surface area contributed by atoms with Crippen molar-refractivity contribution >= 4 is 5.97 Å². The van der Waals surface area contributed by atoms with Crippen molar-refractivity contribution in [3.8, 4) is 23.0 Å². The summed E-state index contributed by atoms with van der Waals surface area (Å²) in [5.74, 6) is 1.32. The molecule has 3 rings (SSSR count). The molecule has 0 radical (unpaired) electrons. The molecule has 0 saturated carbocycles. The highest BCUT2D eigenvalue weighted by Crippen LogP contribution is 2.42. The average molecular weight is 583 g/mol. The van der Waals surface area contributed by atoms with Crippen LogP contribution in [0.5, 0.6) is 23.0 Å². The van der Waals surface area contributed by atoms with Gasteiger partial charge in [-0.2, -0.15) is 0 Å². The summed E-state index contributed by atoms with van der Waals surface area (Å²) in [5.41, 5.74) is 2.50. The first-order valence-corrected chi connectivity index (χ1v) is 15.4. The third-order valence-electron chi connectivity index (χ3n) is 7.61. The van der Waals surface area contributed by atoms with Crippen molar-refractivity contribution in [2.45, 2.75) is 106 Å². The molecule has 0 aromatic heterocycles. The quantitative estimate of drug-likeness (QED) is 0.367. The van der Waals surface area contributed by atoms with Crippen molar-refractivity contribution < 1.29 is 28.8 Å². The minimum Gasteiger partial charge on any atom is -0.490 e. The van der Waals surface area contributed by atoms with Gasteiger partial charge in [0.1, 0.15) is 0 Å². The molecule has 0 bridgehead atoms. The molecule has 0 fully saturated rings. The molecule has 6 heteroatoms. The summed E-state index contributed by atoms with van der Waals surface area (Å²) in [4.78, 5) is 11.8. The van der Waals surface area contributed by atoms with E-state index in [9.17, 15) is 9.90 Å². The fourth-order valence-corrected chi connectivity index (χ4v) is 6.43. The molecule has 1 N–H and O–H groups in total. The van der Waals surface area contributed by atoms with Gasteiger partial charge in [0.25, 0.3) is 0 Å². The van der Waals surface area contributed by atoms with Crippen molar-refractivity contribution in [1.82, 2.24) is 0 Å². The fraction of sp³-hybridized carbons (Fsp3) is 0.639. The third kappa shape index (κ3) is 10.1. The lowest BCUT2D eigenvalue weighted by molar-refractivity contribution is -0.138. The van der Waals surface area contributed by atoms with E-state index < -0.39 is 5.97 Å². The van der Waals surface area contributed by atoms with E-state index in [1.165, 1.54) is 0 Å². The number of fused-ring (bicyclic) bond motifs is 2. The van der Waals surface area contributed by atoms with Crippen LogP contribution in [-0.4, -0.2) is 37.5 Å². The van der Waals surface area contributed by atoms with Crippen LogP contribution in [0.2, 0.25) is 0 Å². The standard InChI is InChI=1S/C36H54O6/c1-33(2,3)23-35(7,8)26-12-14-28-30(19-26)41-21-25(18-32(37)38)22-42-31-20-27(36(9,10)24-34(4,5)6)13-15-29(31)40-17-11-16-39-28/h12-15,19-20,25H,11,16-18,21-24H2,1-10H3,(H,37,38). The molecular weight excluding hydrogens is 528 g/mol. The van der Waals surface area contributed by atoms with Crippen molar-refractivity contribution in [3.63, 3.8) is 0 Å². The zero-order valence-electron chi connectivity index (χ0n) is 27.7. The first-order chi connectivity index (χ1) is 19.3. The minimum absolute atomic E-state index is 0.0726. The summed E-state index contributed by atoms with van der Waals surface area (Å²) in [5, 5.41) is 9.68. The van der Waals surface area contributed by atoms with E-state index in [2.05, 4.69) is 93.5 Å². The van der Waals surface area contributed by atoms with Crippen LogP contribution in [0.3, 0.4) is 0 Å². The molecule has 42 heavy (non-hydrogen) atoms. The number of carboxylic acid groups (broad SMARTS) is 1. The number of hydrogen-bond acceptors (Lipinski definition) is 5. The predicted molar refractivity (Wildman–Crippen MR) is 169 cm³/mol. The fourth-order valence-electron chi connectivity index (χ4n) is 6.43. The number of carboxylic acids is 1. The Labute approximate surface area is 254 Å². The molecule has 1 heterocycles. The summed E-state index contributed by atoms with van der Waals surface area (Å²) >= 11 is 0. The molecule has 0 saturated heterocycles. The number of carbonyl (C=O) groups is 1. The SMILES string of the molecule is CC(C)(C)CC(C)(C)c1ccc2c(c1)OCC(CC(=O)O)COc1cc(C(C)(C)CC(C)(C)C)ccc1OCCCO2. The van der Waals surface area contributed by atoms with E-state index in [1.54, 1.807) is 0 Å². The molecule has 0 atom stereocenters. The van der Waals surface area contributed by atoms with Crippen molar-refractivity contribution in [2.24, 2.45) is 16.7 Å². The van der Waals surface area contributed by atoms with Crippen LogP contribution in [0.25, 0.3) is 0 Å². The van der Waals surface area contributed by atoms with Crippen LogP contribution in [-0.2, 0) is 15.6 Å². The van der Waals surface area contributed by atoms with E-state index in [4.69, 9.17) is 18.9 Å². The number of ether oxygens (including phenoxy) is 4. The molecular formula is C36H54O6. The monoisotopic (exact) mass is 582 g/mol. The van der Waals surface area contributed by atoms with Gasteiger partial charge < -0.3 is 24.1 Å². The van der Waals surface area contributed by atoms with Gasteiger partial charge in [-0.15, -0.1) is 0 Å². The van der Waals surface area contributed by atoms with E-state index in [0.29, 0.717) is 42.6 Å². The summed E-state index contributed by atoms with van der Waals surface area (Å²) in [6.45, 7) is 23.8. The second-order valence-corrected chi connectivity index (χ2v) is 15.7. The van der Waals surface area contributed by atoms with Crippen molar-refractivity contribution in [1.29, 1.82) is 0 Å². The van der Waals surface area contributed by atoms with E-state index in [1.807, 2.05) is 12.1 Å². The number of aliphatic carboxylic acids is 1. The molecule has 2 aromatic rings. The second-order valence-electron chi connectivity index (χ2n) is 15.7. The zero-order valence-corrected chi connectivity index (χ0v) is 27.7. The van der Waals surface area contributed by atoms with Gasteiger partial charge >= 0.3 is 5.97 Å². The lowest BCUT2D eigenvalue weighted by Crippen LogP contribution is -2.26. The Hall–Kier alpha value is -2.89. The summed E-state index contributed by atoms with van der Waals surface area (Å²) in [6, 6.07) is 12.3. The highest BCUT2D eigenvalue weighted by molar-refractivity contribution is 5.67. The Balaban J connectivity index is 1.90. The first kappa shape index (κ1) is 33.6. The predicted octanol–water partition coefficient (Wildman–Crippen LogP) is 8.82. The van der Waals surface area contributed by atoms with Crippen LogP contribution in [0.1, 0.15) is 106 Å². The smallest absolute Gasteiger partial charge is 0.303 e. The van der Waals surface area contributed by atoms with Gasteiger partial charge in [0.05, 0.1) is 32.8 Å². The molecule has 234 valence electrons. The molecule has 0 aliphatic carbocycles. The second kappa shape index (κ2) is 13.2. The molecule has 0 amide bonds. The van der Waals surface area contributed by atoms with E-state index in [-0.39, 0.29) is 47.2 Å². The number of rotatable bonds is 6. The van der Waals surface area contributed by atoms with Gasteiger partial charge in [0.2, 0.25) is 0 Å². The maximum Gasteiger partial charge on any atom is 0.303 e. The summed E-state index contributed by atoms with van der Waals surface area (Å²) in [7, 11) is 0. The normalized spacial score (nSPS) is 16.0. The number of hydrogen-bond donors (Lipinski definition) is 1. The van der Waals surface area contributed by atoms with Crippen LogP contribution in [0.15, 0.2) is 36.4 Å². The maximum absolute atomic E-state index is 11.8. The van der Waals surface area contributed by atoms with Gasteiger partial charge in [0, 0.05) is 12.3 Å². The first-order valence-electron chi connectivity index (χ1n) is 15.4. The Bertz CT molecular complexity index is 1110. The van der Waals surface area contributed by atoms with E-state index in [0.717, 1.165) is 24.0 Å². The summed E-state index contributed by atoms with van der Waals surface area (Å²) < 4.78 is 25.0. The zero-order chi connectivity index (χ0) is 31.3. The van der Waals surface area contributed by atoms with Crippen LogP contribution in [0.4, 0.5) is 0 Å². The van der Waals surface area contributed by atoms with Gasteiger partial charge in [-0.05, 0) is 69.9 Å². The maximum atomic E-state index is 11.8. The molecule has 1 aliphatic heterocycles. The van der Waals surface area contributed by atoms with E-state index >= 15 is 0 Å².